The van der Waals surface area contributed by atoms with Gasteiger partial charge in [-0.1, -0.05) is 33.1 Å². The van der Waals surface area contributed by atoms with Crippen LogP contribution in [0, 0.1) is 11.8 Å². The topological polar surface area (TPSA) is 39.7 Å². The van der Waals surface area contributed by atoms with Gasteiger partial charge < -0.3 is 15.5 Å². The Balaban J connectivity index is 1.80. The van der Waals surface area contributed by atoms with Gasteiger partial charge in [-0.3, -0.25) is 0 Å². The summed E-state index contributed by atoms with van der Waals surface area (Å²) in [5.41, 5.74) is 5.26. The first-order valence-electron chi connectivity index (χ1n) is 10.6. The molecule has 0 aromatic heterocycles. The number of likely N-dealkylation sites (tertiary alicyclic amines) is 1. The van der Waals surface area contributed by atoms with E-state index in [1.807, 2.05) is 0 Å². The van der Waals surface area contributed by atoms with Gasteiger partial charge in [-0.15, -0.1) is 0 Å². The van der Waals surface area contributed by atoms with Crippen molar-refractivity contribution >= 4 is 5.84 Å². The molecule has 148 valence electrons. The first-order valence-corrected chi connectivity index (χ1v) is 10.6. The van der Waals surface area contributed by atoms with Gasteiger partial charge in [0, 0.05) is 25.2 Å². The summed E-state index contributed by atoms with van der Waals surface area (Å²) in [5.74, 6) is 3.28. The van der Waals surface area contributed by atoms with Crippen molar-refractivity contribution in [1.29, 1.82) is 0 Å². The van der Waals surface area contributed by atoms with Crippen molar-refractivity contribution in [3.63, 3.8) is 0 Å². The number of rotatable bonds is 6. The molecule has 27 heavy (non-hydrogen) atoms. The van der Waals surface area contributed by atoms with Gasteiger partial charge in [-0.2, -0.15) is 0 Å². The van der Waals surface area contributed by atoms with E-state index in [0.717, 1.165) is 56.6 Å². The molecule has 4 heteroatoms. The lowest BCUT2D eigenvalue weighted by Gasteiger charge is -2.26. The van der Waals surface area contributed by atoms with Gasteiger partial charge in [-0.05, 0) is 74.3 Å². The van der Waals surface area contributed by atoms with Crippen LogP contribution in [0.25, 0.3) is 0 Å². The average molecular weight is 369 g/mol. The van der Waals surface area contributed by atoms with Crippen LogP contribution in [-0.2, 0) is 0 Å². The Labute approximate surface area is 165 Å². The minimum absolute atomic E-state index is 0.634. The van der Waals surface area contributed by atoms with Crippen molar-refractivity contribution in [2.24, 2.45) is 16.8 Å². The number of hydrogen-bond donors (Lipinski definition) is 2. The molecule has 3 aliphatic heterocycles. The molecule has 3 rings (SSSR count). The van der Waals surface area contributed by atoms with Crippen LogP contribution < -0.4 is 10.6 Å². The summed E-state index contributed by atoms with van der Waals surface area (Å²) in [7, 11) is 0. The van der Waals surface area contributed by atoms with Crippen molar-refractivity contribution in [1.82, 2.24) is 15.5 Å². The molecule has 0 unspecified atom stereocenters. The molecule has 3 aliphatic rings. The molecular weight excluding hydrogens is 332 g/mol. The maximum atomic E-state index is 4.89. The fraction of sp³-hybridized carbons (Fsp3) is 0.609. The van der Waals surface area contributed by atoms with Crippen molar-refractivity contribution in [3.8, 4) is 0 Å². The Morgan fingerprint density at radius 3 is 2.59 bits per heavy atom. The van der Waals surface area contributed by atoms with E-state index in [1.54, 1.807) is 0 Å². The molecule has 2 N–H and O–H groups in total. The second-order valence-electron chi connectivity index (χ2n) is 8.20. The molecule has 0 bridgehead atoms. The number of aliphatic imine (C=N–C) groups is 1. The second-order valence-corrected chi connectivity index (χ2v) is 8.20. The zero-order valence-corrected chi connectivity index (χ0v) is 17.4. The third-order valence-corrected chi connectivity index (χ3v) is 6.19. The monoisotopic (exact) mass is 368 g/mol. The Bertz CT molecular complexity index is 676. The van der Waals surface area contributed by atoms with Crippen molar-refractivity contribution in [3.05, 3.63) is 47.5 Å². The van der Waals surface area contributed by atoms with Gasteiger partial charge >= 0.3 is 0 Å². The summed E-state index contributed by atoms with van der Waals surface area (Å²) in [6.45, 7) is 19.6. The Morgan fingerprint density at radius 2 is 2.00 bits per heavy atom. The summed E-state index contributed by atoms with van der Waals surface area (Å²) >= 11 is 0. The molecule has 0 aromatic carbocycles. The smallest absolute Gasteiger partial charge is 0.123 e. The summed E-state index contributed by atoms with van der Waals surface area (Å²) < 4.78 is 0. The molecule has 0 aromatic rings. The molecule has 0 aliphatic carbocycles. The van der Waals surface area contributed by atoms with E-state index in [2.05, 4.69) is 55.5 Å². The zero-order valence-electron chi connectivity index (χ0n) is 17.4. The number of piperidine rings is 1. The van der Waals surface area contributed by atoms with E-state index >= 15 is 0 Å². The number of allylic oxidation sites excluding steroid dienone is 3. The van der Waals surface area contributed by atoms with Crippen LogP contribution in [0.1, 0.15) is 52.9 Å². The summed E-state index contributed by atoms with van der Waals surface area (Å²) in [5, 5.41) is 7.08. The minimum Gasteiger partial charge on any atom is -0.357 e. The lowest BCUT2D eigenvalue weighted by atomic mass is 9.83. The SMILES string of the molecule is C=C(CC)C1=C(/C(=C\C)C2CCNCC2)CC(=NC(=C)N2CC[C@H](C)C2)N1. The molecule has 1 atom stereocenters. The Kier molecular flexibility index (Phi) is 6.59. The normalized spacial score (nSPS) is 26.0. The quantitative estimate of drug-likeness (QED) is 0.732. The van der Waals surface area contributed by atoms with Crippen LogP contribution in [0.3, 0.4) is 0 Å². The van der Waals surface area contributed by atoms with E-state index in [1.165, 1.54) is 41.7 Å². The standard InChI is InChI=1S/C23H36N4/c1-6-17(4)23-21(20(7-2)19-8-11-24-12-9-19)14-22(26-23)25-18(5)27-13-10-16(3)15-27/h7,16,19,24H,4-6,8-15H2,1-3H3,(H,25,26)/b20-7-/t16-/m0/s1. The maximum absolute atomic E-state index is 4.89. The average Bonchev–Trinajstić information content (AvgIpc) is 3.29. The van der Waals surface area contributed by atoms with Crippen LogP contribution in [-0.4, -0.2) is 36.9 Å². The zero-order chi connectivity index (χ0) is 19.4. The predicted octanol–water partition coefficient (Wildman–Crippen LogP) is 4.36. The van der Waals surface area contributed by atoms with Gasteiger partial charge in [0.1, 0.15) is 11.7 Å². The highest BCUT2D eigenvalue weighted by Crippen LogP contribution is 2.36. The largest absolute Gasteiger partial charge is 0.357 e. The predicted molar refractivity (Wildman–Crippen MR) is 115 cm³/mol. The fourth-order valence-corrected chi connectivity index (χ4v) is 4.50. The van der Waals surface area contributed by atoms with Crippen LogP contribution >= 0.6 is 0 Å². The summed E-state index contributed by atoms with van der Waals surface area (Å²) in [4.78, 5) is 7.20. The first kappa shape index (κ1) is 19.9. The molecule has 2 saturated heterocycles. The van der Waals surface area contributed by atoms with Crippen molar-refractivity contribution in [2.75, 3.05) is 26.2 Å². The molecule has 0 spiro atoms. The van der Waals surface area contributed by atoms with Gasteiger partial charge in [0.2, 0.25) is 0 Å². The van der Waals surface area contributed by atoms with Gasteiger partial charge in [0.25, 0.3) is 0 Å². The van der Waals surface area contributed by atoms with Crippen LogP contribution in [0.5, 0.6) is 0 Å². The van der Waals surface area contributed by atoms with Crippen molar-refractivity contribution in [2.45, 2.75) is 52.9 Å². The van der Waals surface area contributed by atoms with Gasteiger partial charge in [0.05, 0.1) is 0 Å². The van der Waals surface area contributed by atoms with Crippen LogP contribution in [0.2, 0.25) is 0 Å². The number of nitrogens with one attached hydrogen (secondary N) is 2. The highest BCUT2D eigenvalue weighted by molar-refractivity contribution is 5.92. The fourth-order valence-electron chi connectivity index (χ4n) is 4.50. The Morgan fingerprint density at radius 1 is 1.26 bits per heavy atom. The third kappa shape index (κ3) is 4.55. The molecule has 2 fully saturated rings. The number of hydrogen-bond acceptors (Lipinski definition) is 3. The van der Waals surface area contributed by atoms with Gasteiger partial charge in [-0.25, -0.2) is 4.99 Å². The van der Waals surface area contributed by atoms with Crippen molar-refractivity contribution < 1.29 is 0 Å². The second kappa shape index (κ2) is 8.92. The maximum Gasteiger partial charge on any atom is 0.123 e. The molecule has 0 amide bonds. The van der Waals surface area contributed by atoms with Crippen LogP contribution in [0.4, 0.5) is 0 Å². The van der Waals surface area contributed by atoms with E-state index in [0.29, 0.717) is 5.92 Å². The molecule has 0 saturated carbocycles. The minimum atomic E-state index is 0.634. The van der Waals surface area contributed by atoms with E-state index < -0.39 is 0 Å². The summed E-state index contributed by atoms with van der Waals surface area (Å²) in [6.07, 6.45) is 7.78. The van der Waals surface area contributed by atoms with E-state index in [-0.39, 0.29) is 0 Å². The third-order valence-electron chi connectivity index (χ3n) is 6.19. The van der Waals surface area contributed by atoms with E-state index in [4.69, 9.17) is 4.99 Å². The van der Waals surface area contributed by atoms with Gasteiger partial charge in [0.15, 0.2) is 0 Å². The van der Waals surface area contributed by atoms with E-state index in [9.17, 15) is 0 Å². The molecule has 3 heterocycles. The Hall–Kier alpha value is -1.81. The lowest BCUT2D eigenvalue weighted by Crippen LogP contribution is -2.29. The molecular formula is C23H36N4. The highest BCUT2D eigenvalue weighted by atomic mass is 15.2. The highest BCUT2D eigenvalue weighted by Gasteiger charge is 2.29. The number of nitrogens with zero attached hydrogens (tertiary/aromatic N) is 2. The molecule has 4 nitrogen and oxygen atoms in total. The lowest BCUT2D eigenvalue weighted by molar-refractivity contribution is 0.408. The molecule has 0 radical (unpaired) electrons. The number of amidine groups is 1. The first-order chi connectivity index (χ1) is 13.0. The van der Waals surface area contributed by atoms with Crippen LogP contribution in [0.15, 0.2) is 52.5 Å². The summed E-state index contributed by atoms with van der Waals surface area (Å²) in [6, 6.07) is 0.